The Hall–Kier alpha value is -2.58. The first-order chi connectivity index (χ1) is 11.8. The predicted octanol–water partition coefficient (Wildman–Crippen LogP) is 3.72. The van der Waals surface area contributed by atoms with Crippen LogP contribution in [0.5, 0.6) is 5.75 Å². The largest absolute Gasteiger partial charge is 0.495 e. The zero-order chi connectivity index (χ0) is 18.2. The first-order valence-electron chi connectivity index (χ1n) is 7.26. The average Bonchev–Trinajstić information content (AvgIpc) is 2.93. The number of hydrogen-bond donors (Lipinski definition) is 2. The molecule has 1 aromatic heterocycles. The number of aromatic carboxylic acids is 1. The second kappa shape index (κ2) is 6.38. The minimum absolute atomic E-state index is 0.00920. The molecule has 25 heavy (non-hydrogen) atoms. The van der Waals surface area contributed by atoms with E-state index in [2.05, 4.69) is 4.72 Å². The van der Waals surface area contributed by atoms with Gasteiger partial charge in [-0.2, -0.15) is 0 Å². The SMILES string of the molecule is COc1cccc2c(C)c(S(=O)(=O)Nc3cccc(C(=O)O)c3)sc12. The summed E-state index contributed by atoms with van der Waals surface area (Å²) >= 11 is 1.12. The standard InChI is InChI=1S/C17H15NO5S2/c1-10-13-7-4-8-14(23-2)15(13)24-17(10)25(21,22)18-12-6-3-5-11(9-12)16(19)20/h3-9,18H,1-2H3,(H,19,20). The van der Waals surface area contributed by atoms with Crippen molar-refractivity contribution in [2.75, 3.05) is 11.8 Å². The summed E-state index contributed by atoms with van der Waals surface area (Å²) in [4.78, 5) is 11.0. The van der Waals surface area contributed by atoms with Gasteiger partial charge in [-0.05, 0) is 36.8 Å². The molecule has 0 aliphatic heterocycles. The van der Waals surface area contributed by atoms with Crippen LogP contribution in [0.4, 0.5) is 5.69 Å². The maximum absolute atomic E-state index is 12.8. The van der Waals surface area contributed by atoms with Crippen LogP contribution in [0.15, 0.2) is 46.7 Å². The van der Waals surface area contributed by atoms with Crippen molar-refractivity contribution < 1.29 is 23.1 Å². The van der Waals surface area contributed by atoms with Gasteiger partial charge >= 0.3 is 5.97 Å². The Morgan fingerprint density at radius 2 is 1.92 bits per heavy atom. The third-order valence-electron chi connectivity index (χ3n) is 3.71. The molecule has 0 saturated carbocycles. The Kier molecular flexibility index (Phi) is 4.40. The lowest BCUT2D eigenvalue weighted by molar-refractivity contribution is 0.0697. The number of benzene rings is 2. The molecule has 2 N–H and O–H groups in total. The number of rotatable bonds is 5. The molecule has 0 unspecified atom stereocenters. The fraction of sp³-hybridized carbons (Fsp3) is 0.118. The van der Waals surface area contributed by atoms with Crippen molar-refractivity contribution in [3.05, 3.63) is 53.6 Å². The normalized spacial score (nSPS) is 11.4. The zero-order valence-corrected chi connectivity index (χ0v) is 15.1. The molecule has 0 radical (unpaired) electrons. The highest BCUT2D eigenvalue weighted by molar-refractivity contribution is 7.94. The quantitative estimate of drug-likeness (QED) is 0.707. The Morgan fingerprint density at radius 1 is 1.20 bits per heavy atom. The number of methoxy groups -OCH3 is 1. The molecule has 8 heteroatoms. The summed E-state index contributed by atoms with van der Waals surface area (Å²) in [7, 11) is -2.32. The van der Waals surface area contributed by atoms with Crippen molar-refractivity contribution in [1.82, 2.24) is 0 Å². The van der Waals surface area contributed by atoms with Gasteiger partial charge in [-0.15, -0.1) is 11.3 Å². The van der Waals surface area contributed by atoms with E-state index in [1.807, 2.05) is 6.07 Å². The maximum Gasteiger partial charge on any atom is 0.335 e. The summed E-state index contributed by atoms with van der Waals surface area (Å²) in [6.07, 6.45) is 0. The number of ether oxygens (including phenoxy) is 1. The molecule has 3 aromatic rings. The monoisotopic (exact) mass is 377 g/mol. The Labute approximate surface area is 148 Å². The predicted molar refractivity (Wildman–Crippen MR) is 97.3 cm³/mol. The van der Waals surface area contributed by atoms with E-state index < -0.39 is 16.0 Å². The van der Waals surface area contributed by atoms with E-state index in [1.165, 1.54) is 31.4 Å². The number of aryl methyl sites for hydroxylation is 1. The summed E-state index contributed by atoms with van der Waals surface area (Å²) in [6, 6.07) is 11.1. The van der Waals surface area contributed by atoms with Crippen LogP contribution < -0.4 is 9.46 Å². The smallest absolute Gasteiger partial charge is 0.335 e. The first kappa shape index (κ1) is 17.2. The van der Waals surface area contributed by atoms with Crippen LogP contribution in [0.2, 0.25) is 0 Å². The lowest BCUT2D eigenvalue weighted by Gasteiger charge is -2.08. The van der Waals surface area contributed by atoms with Gasteiger partial charge in [0, 0.05) is 11.1 Å². The average molecular weight is 377 g/mol. The maximum atomic E-state index is 12.8. The Bertz CT molecular complexity index is 1070. The topological polar surface area (TPSA) is 92.7 Å². The van der Waals surface area contributed by atoms with E-state index in [0.29, 0.717) is 11.3 Å². The Balaban J connectivity index is 2.06. The summed E-state index contributed by atoms with van der Waals surface area (Å²) in [6.45, 7) is 1.74. The molecule has 0 bridgehead atoms. The van der Waals surface area contributed by atoms with E-state index in [-0.39, 0.29) is 15.5 Å². The highest BCUT2D eigenvalue weighted by Gasteiger charge is 2.23. The summed E-state index contributed by atoms with van der Waals surface area (Å²) in [5.74, 6) is -0.510. The molecule has 0 atom stereocenters. The second-order valence-electron chi connectivity index (χ2n) is 5.34. The number of hydrogen-bond acceptors (Lipinski definition) is 5. The number of sulfonamides is 1. The molecule has 0 saturated heterocycles. The van der Waals surface area contributed by atoms with E-state index in [1.54, 1.807) is 19.1 Å². The molecule has 2 aromatic carbocycles. The molecular weight excluding hydrogens is 362 g/mol. The van der Waals surface area contributed by atoms with Crippen molar-refractivity contribution in [2.45, 2.75) is 11.1 Å². The van der Waals surface area contributed by atoms with Crippen LogP contribution in [-0.4, -0.2) is 26.6 Å². The van der Waals surface area contributed by atoms with Crippen molar-refractivity contribution in [3.63, 3.8) is 0 Å². The zero-order valence-electron chi connectivity index (χ0n) is 13.4. The van der Waals surface area contributed by atoms with E-state index in [0.717, 1.165) is 21.4 Å². The summed E-state index contributed by atoms with van der Waals surface area (Å²) < 4.78 is 34.2. The number of nitrogens with one attached hydrogen (secondary N) is 1. The minimum atomic E-state index is -3.85. The molecular formula is C17H15NO5S2. The first-order valence-corrected chi connectivity index (χ1v) is 9.55. The van der Waals surface area contributed by atoms with Gasteiger partial charge in [0.2, 0.25) is 0 Å². The summed E-state index contributed by atoms with van der Waals surface area (Å²) in [5.41, 5.74) is 0.833. The molecule has 6 nitrogen and oxygen atoms in total. The van der Waals surface area contributed by atoms with Crippen LogP contribution in [0.3, 0.4) is 0 Å². The molecule has 0 amide bonds. The Morgan fingerprint density at radius 3 is 2.60 bits per heavy atom. The molecule has 0 fully saturated rings. The summed E-state index contributed by atoms with van der Waals surface area (Å²) in [5, 5.41) is 9.84. The number of carbonyl (C=O) groups is 1. The van der Waals surface area contributed by atoms with Crippen LogP contribution in [0.1, 0.15) is 15.9 Å². The molecule has 130 valence electrons. The van der Waals surface area contributed by atoms with E-state index >= 15 is 0 Å². The van der Waals surface area contributed by atoms with Gasteiger partial charge in [0.25, 0.3) is 10.0 Å². The van der Waals surface area contributed by atoms with Gasteiger partial charge in [-0.1, -0.05) is 18.2 Å². The van der Waals surface area contributed by atoms with Gasteiger partial charge in [0.05, 0.1) is 17.4 Å². The van der Waals surface area contributed by atoms with Crippen LogP contribution in [0, 0.1) is 6.92 Å². The van der Waals surface area contributed by atoms with Crippen LogP contribution in [0.25, 0.3) is 10.1 Å². The molecule has 3 rings (SSSR count). The third kappa shape index (κ3) is 3.18. The van der Waals surface area contributed by atoms with Gasteiger partial charge in [-0.3, -0.25) is 4.72 Å². The van der Waals surface area contributed by atoms with Crippen LogP contribution >= 0.6 is 11.3 Å². The van der Waals surface area contributed by atoms with E-state index in [4.69, 9.17) is 9.84 Å². The second-order valence-corrected chi connectivity index (χ2v) is 8.24. The molecule has 0 spiro atoms. The number of carboxylic acids is 1. The fourth-order valence-corrected chi connectivity index (χ4v) is 5.42. The third-order valence-corrected chi connectivity index (χ3v) is 7.03. The van der Waals surface area contributed by atoms with Crippen LogP contribution in [-0.2, 0) is 10.0 Å². The van der Waals surface area contributed by atoms with Gasteiger partial charge < -0.3 is 9.84 Å². The highest BCUT2D eigenvalue weighted by Crippen LogP contribution is 2.39. The van der Waals surface area contributed by atoms with Crippen molar-refractivity contribution in [1.29, 1.82) is 0 Å². The number of carboxylic acid groups (broad SMARTS) is 1. The number of anilines is 1. The fourth-order valence-electron chi connectivity index (χ4n) is 2.53. The number of thiophene rings is 1. The lowest BCUT2D eigenvalue weighted by atomic mass is 10.2. The van der Waals surface area contributed by atoms with Gasteiger partial charge in [0.1, 0.15) is 9.96 Å². The number of fused-ring (bicyclic) bond motifs is 1. The van der Waals surface area contributed by atoms with Gasteiger partial charge in [0.15, 0.2) is 0 Å². The molecule has 0 aliphatic carbocycles. The lowest BCUT2D eigenvalue weighted by Crippen LogP contribution is -2.13. The molecule has 1 heterocycles. The minimum Gasteiger partial charge on any atom is -0.495 e. The van der Waals surface area contributed by atoms with E-state index in [9.17, 15) is 13.2 Å². The highest BCUT2D eigenvalue weighted by atomic mass is 32.2. The van der Waals surface area contributed by atoms with Crippen molar-refractivity contribution >= 4 is 43.1 Å². The van der Waals surface area contributed by atoms with Crippen molar-refractivity contribution in [3.8, 4) is 5.75 Å². The van der Waals surface area contributed by atoms with Crippen molar-refractivity contribution in [2.24, 2.45) is 0 Å². The molecule has 0 aliphatic rings. The van der Waals surface area contributed by atoms with Gasteiger partial charge in [-0.25, -0.2) is 13.2 Å².